The van der Waals surface area contributed by atoms with E-state index in [9.17, 15) is 13.6 Å². The van der Waals surface area contributed by atoms with Crippen LogP contribution in [0.3, 0.4) is 0 Å². The van der Waals surface area contributed by atoms with Crippen LogP contribution in [-0.4, -0.2) is 32.7 Å². The molecule has 0 aliphatic rings. The normalized spacial score (nSPS) is 12.7. The fourth-order valence-corrected chi connectivity index (χ4v) is 1.57. The maximum absolute atomic E-state index is 13.9. The van der Waals surface area contributed by atoms with Crippen LogP contribution in [-0.2, 0) is 9.53 Å². The second-order valence-electron chi connectivity index (χ2n) is 3.97. The Balaban J connectivity index is 3.12. The molecule has 0 saturated carbocycles. The zero-order valence-corrected chi connectivity index (χ0v) is 11.5. The number of nitrogens with two attached hydrogens (primary N) is 1. The molecule has 5 nitrogen and oxygen atoms in total. The maximum atomic E-state index is 13.9. The summed E-state index contributed by atoms with van der Waals surface area (Å²) in [6.07, 6.45) is 0. The first-order chi connectivity index (χ1) is 9.36. The molecule has 0 spiro atoms. The van der Waals surface area contributed by atoms with Gasteiger partial charge in [0.15, 0.2) is 0 Å². The molecule has 0 amide bonds. The van der Waals surface area contributed by atoms with E-state index in [-0.39, 0.29) is 12.2 Å². The lowest BCUT2D eigenvalue weighted by Crippen LogP contribution is -2.41. The largest absolute Gasteiger partial charge is 0.497 e. The Kier molecular flexibility index (Phi) is 5.26. The number of halogens is 2. The van der Waals surface area contributed by atoms with Gasteiger partial charge in [0, 0.05) is 6.07 Å². The second-order valence-corrected chi connectivity index (χ2v) is 3.97. The van der Waals surface area contributed by atoms with Gasteiger partial charge in [-0.3, -0.25) is 0 Å². The number of carbonyl (C=O) groups excluding carboxylic acids is 1. The van der Waals surface area contributed by atoms with Gasteiger partial charge < -0.3 is 19.9 Å². The van der Waals surface area contributed by atoms with Gasteiger partial charge in [-0.15, -0.1) is 0 Å². The molecule has 0 saturated heterocycles. The number of rotatable bonds is 6. The van der Waals surface area contributed by atoms with Crippen molar-refractivity contribution >= 4 is 5.97 Å². The van der Waals surface area contributed by atoms with Gasteiger partial charge in [0.25, 0.3) is 0 Å². The summed E-state index contributed by atoms with van der Waals surface area (Å²) < 4.78 is 42.0. The third kappa shape index (κ3) is 3.36. The number of methoxy groups -OCH3 is 2. The predicted molar refractivity (Wildman–Crippen MR) is 68.1 cm³/mol. The van der Waals surface area contributed by atoms with Gasteiger partial charge in [-0.1, -0.05) is 0 Å². The molecule has 0 unspecified atom stereocenters. The third-order valence-electron chi connectivity index (χ3n) is 2.67. The molecule has 0 radical (unpaired) electrons. The molecular weight excluding hydrogens is 272 g/mol. The number of hydrogen-bond donors (Lipinski definition) is 1. The van der Waals surface area contributed by atoms with Crippen LogP contribution >= 0.6 is 0 Å². The number of benzene rings is 1. The van der Waals surface area contributed by atoms with Crippen LogP contribution in [0.15, 0.2) is 18.2 Å². The molecule has 20 heavy (non-hydrogen) atoms. The summed E-state index contributed by atoms with van der Waals surface area (Å²) in [5, 5.41) is 0. The average molecular weight is 289 g/mol. The molecular formula is C13H17F2NO4. The molecule has 2 N–H and O–H groups in total. The van der Waals surface area contributed by atoms with Gasteiger partial charge in [0.2, 0.25) is 0 Å². The molecule has 0 heterocycles. The Morgan fingerprint density at radius 2 is 1.75 bits per heavy atom. The van der Waals surface area contributed by atoms with Crippen molar-refractivity contribution in [1.82, 2.24) is 0 Å². The fraction of sp³-hybridized carbons (Fsp3) is 0.462. The molecule has 1 aromatic carbocycles. The summed E-state index contributed by atoms with van der Waals surface area (Å²) in [5.74, 6) is -4.90. The van der Waals surface area contributed by atoms with E-state index < -0.39 is 17.9 Å². The van der Waals surface area contributed by atoms with E-state index in [4.69, 9.17) is 15.2 Å². The fourth-order valence-electron chi connectivity index (χ4n) is 1.57. The first-order valence-electron chi connectivity index (χ1n) is 5.90. The minimum Gasteiger partial charge on any atom is -0.497 e. The molecule has 1 aromatic rings. The van der Waals surface area contributed by atoms with Crippen molar-refractivity contribution in [3.63, 3.8) is 0 Å². The summed E-state index contributed by atoms with van der Waals surface area (Å²) in [7, 11) is 2.77. The minimum atomic E-state index is -3.84. The SMILES string of the molecule is CCOC(=O)C(F)(F)[C@H](N)c1cc(OC)cc(OC)c1. The standard InChI is InChI=1S/C13H17F2NO4/c1-4-20-12(17)13(14,15)11(16)8-5-9(18-2)7-10(6-8)19-3/h5-7,11H,4,16H2,1-3H3/t11-/m1/s1. The molecule has 1 atom stereocenters. The summed E-state index contributed by atoms with van der Waals surface area (Å²) in [4.78, 5) is 11.3. The second kappa shape index (κ2) is 6.51. The summed E-state index contributed by atoms with van der Waals surface area (Å²) in [6.45, 7) is 1.29. The third-order valence-corrected chi connectivity index (χ3v) is 2.67. The minimum absolute atomic E-state index is 0.0132. The van der Waals surface area contributed by atoms with Crippen LogP contribution in [0.4, 0.5) is 8.78 Å². The van der Waals surface area contributed by atoms with Crippen LogP contribution in [0, 0.1) is 0 Å². The highest BCUT2D eigenvalue weighted by atomic mass is 19.3. The van der Waals surface area contributed by atoms with Crippen LogP contribution in [0.25, 0.3) is 0 Å². The summed E-state index contributed by atoms with van der Waals surface area (Å²) in [5.41, 5.74) is 5.50. The number of ether oxygens (including phenoxy) is 3. The summed E-state index contributed by atoms with van der Waals surface area (Å²) in [6, 6.07) is 2.30. The van der Waals surface area contributed by atoms with Crippen molar-refractivity contribution < 1.29 is 27.8 Å². The molecule has 0 aliphatic carbocycles. The van der Waals surface area contributed by atoms with Crippen LogP contribution in [0.5, 0.6) is 11.5 Å². The van der Waals surface area contributed by atoms with Crippen molar-refractivity contribution in [2.75, 3.05) is 20.8 Å². The van der Waals surface area contributed by atoms with E-state index in [1.54, 1.807) is 0 Å². The van der Waals surface area contributed by atoms with E-state index in [0.717, 1.165) is 0 Å². The Bertz CT molecular complexity index is 457. The lowest BCUT2D eigenvalue weighted by Gasteiger charge is -2.22. The van der Waals surface area contributed by atoms with Crippen molar-refractivity contribution in [1.29, 1.82) is 0 Å². The molecule has 1 rings (SSSR count). The molecule has 0 aliphatic heterocycles. The van der Waals surface area contributed by atoms with Gasteiger partial charge in [-0.05, 0) is 24.6 Å². The Morgan fingerprint density at radius 3 is 2.15 bits per heavy atom. The molecule has 7 heteroatoms. The van der Waals surface area contributed by atoms with E-state index in [1.165, 1.54) is 39.3 Å². The number of esters is 1. The first-order valence-corrected chi connectivity index (χ1v) is 5.90. The van der Waals surface area contributed by atoms with Gasteiger partial charge in [0.05, 0.1) is 20.8 Å². The van der Waals surface area contributed by atoms with Gasteiger partial charge in [-0.25, -0.2) is 4.79 Å². The number of hydrogen-bond acceptors (Lipinski definition) is 5. The van der Waals surface area contributed by atoms with E-state index >= 15 is 0 Å². The first kappa shape index (κ1) is 16.2. The van der Waals surface area contributed by atoms with Crippen molar-refractivity contribution in [3.8, 4) is 11.5 Å². The Hall–Kier alpha value is -1.89. The van der Waals surface area contributed by atoms with Crippen LogP contribution in [0.1, 0.15) is 18.5 Å². The topological polar surface area (TPSA) is 70.8 Å². The maximum Gasteiger partial charge on any atom is 0.379 e. The highest BCUT2D eigenvalue weighted by Gasteiger charge is 2.48. The summed E-state index contributed by atoms with van der Waals surface area (Å²) >= 11 is 0. The van der Waals surface area contributed by atoms with E-state index in [2.05, 4.69) is 4.74 Å². The van der Waals surface area contributed by atoms with Crippen LogP contribution in [0.2, 0.25) is 0 Å². The zero-order valence-electron chi connectivity index (χ0n) is 11.5. The van der Waals surface area contributed by atoms with Crippen molar-refractivity contribution in [3.05, 3.63) is 23.8 Å². The van der Waals surface area contributed by atoms with Gasteiger partial charge in [0.1, 0.15) is 17.5 Å². The Labute approximate surface area is 115 Å². The highest BCUT2D eigenvalue weighted by Crippen LogP contribution is 2.34. The monoisotopic (exact) mass is 289 g/mol. The van der Waals surface area contributed by atoms with E-state index in [0.29, 0.717) is 11.5 Å². The molecule has 0 aromatic heterocycles. The lowest BCUT2D eigenvalue weighted by atomic mass is 10.0. The lowest BCUT2D eigenvalue weighted by molar-refractivity contribution is -0.174. The predicted octanol–water partition coefficient (Wildman–Crippen LogP) is 1.90. The van der Waals surface area contributed by atoms with E-state index in [1.807, 2.05) is 0 Å². The van der Waals surface area contributed by atoms with Crippen molar-refractivity contribution in [2.45, 2.75) is 18.9 Å². The van der Waals surface area contributed by atoms with Crippen molar-refractivity contribution in [2.24, 2.45) is 5.73 Å². The zero-order chi connectivity index (χ0) is 15.3. The highest BCUT2D eigenvalue weighted by molar-refractivity contribution is 5.79. The number of carbonyl (C=O) groups is 1. The van der Waals surface area contributed by atoms with Gasteiger partial charge >= 0.3 is 11.9 Å². The molecule has 112 valence electrons. The molecule has 0 fully saturated rings. The average Bonchev–Trinajstić information content (AvgIpc) is 2.45. The smallest absolute Gasteiger partial charge is 0.379 e. The van der Waals surface area contributed by atoms with Gasteiger partial charge in [-0.2, -0.15) is 8.78 Å². The quantitative estimate of drug-likeness (QED) is 0.810. The molecule has 0 bridgehead atoms. The number of alkyl halides is 2. The Morgan fingerprint density at radius 1 is 1.25 bits per heavy atom. The van der Waals surface area contributed by atoms with Crippen LogP contribution < -0.4 is 15.2 Å².